The predicted molar refractivity (Wildman–Crippen MR) is 114 cm³/mol. The van der Waals surface area contributed by atoms with E-state index < -0.39 is 0 Å². The standard InChI is InChI=1S/C21H27N5O2S/c1-3-26-20(16-5-4-6-17(11-16)22-13(2)27)24-25-21(26)29-12-19(28)23-18-10-14-7-8-15(18)9-14/h4-6,11,14-15,18H,3,7-10,12H2,1-2H3,(H,22,27)(H,23,28)/t14-,15-,18+/m1/s1. The molecule has 29 heavy (non-hydrogen) atoms. The van der Waals surface area contributed by atoms with Crippen LogP contribution in [0.1, 0.15) is 39.5 Å². The number of benzene rings is 1. The van der Waals surface area contributed by atoms with Crippen molar-refractivity contribution in [2.75, 3.05) is 11.1 Å². The normalized spacial score (nSPS) is 22.6. The first-order valence-electron chi connectivity index (χ1n) is 10.3. The van der Waals surface area contributed by atoms with Gasteiger partial charge in [-0.2, -0.15) is 0 Å². The number of aromatic nitrogens is 3. The van der Waals surface area contributed by atoms with Gasteiger partial charge in [-0.3, -0.25) is 9.59 Å². The van der Waals surface area contributed by atoms with Crippen molar-refractivity contribution in [1.29, 1.82) is 0 Å². The van der Waals surface area contributed by atoms with Crippen LogP contribution in [0.5, 0.6) is 0 Å². The quantitative estimate of drug-likeness (QED) is 0.680. The summed E-state index contributed by atoms with van der Waals surface area (Å²) in [7, 11) is 0. The van der Waals surface area contributed by atoms with E-state index in [2.05, 4.69) is 20.8 Å². The van der Waals surface area contributed by atoms with E-state index in [1.54, 1.807) is 0 Å². The largest absolute Gasteiger partial charge is 0.352 e. The Kier molecular flexibility index (Phi) is 5.89. The summed E-state index contributed by atoms with van der Waals surface area (Å²) in [5.74, 6) is 2.53. The van der Waals surface area contributed by atoms with Gasteiger partial charge in [0.25, 0.3) is 0 Å². The van der Waals surface area contributed by atoms with Crippen molar-refractivity contribution in [1.82, 2.24) is 20.1 Å². The maximum absolute atomic E-state index is 12.4. The molecule has 4 rings (SSSR count). The molecule has 2 fully saturated rings. The van der Waals surface area contributed by atoms with Gasteiger partial charge in [0.15, 0.2) is 11.0 Å². The van der Waals surface area contributed by atoms with Crippen LogP contribution >= 0.6 is 11.8 Å². The van der Waals surface area contributed by atoms with Gasteiger partial charge in [0.1, 0.15) is 0 Å². The van der Waals surface area contributed by atoms with E-state index in [-0.39, 0.29) is 11.8 Å². The van der Waals surface area contributed by atoms with E-state index in [1.165, 1.54) is 37.9 Å². The van der Waals surface area contributed by atoms with Crippen LogP contribution in [0.2, 0.25) is 0 Å². The molecule has 0 spiro atoms. The summed E-state index contributed by atoms with van der Waals surface area (Å²) in [4.78, 5) is 23.8. The molecule has 1 aromatic heterocycles. The van der Waals surface area contributed by atoms with Crippen LogP contribution in [0.3, 0.4) is 0 Å². The third kappa shape index (κ3) is 4.47. The molecule has 2 aliphatic carbocycles. The summed E-state index contributed by atoms with van der Waals surface area (Å²) in [6.45, 7) is 4.21. The zero-order valence-corrected chi connectivity index (χ0v) is 17.7. The Bertz CT molecular complexity index is 912. The van der Waals surface area contributed by atoms with Crippen molar-refractivity contribution in [3.63, 3.8) is 0 Å². The third-order valence-corrected chi connectivity index (χ3v) is 6.86. The highest BCUT2D eigenvalue weighted by Gasteiger charge is 2.40. The second-order valence-electron chi connectivity index (χ2n) is 7.95. The molecule has 0 unspecified atom stereocenters. The first kappa shape index (κ1) is 19.9. The van der Waals surface area contributed by atoms with Crippen molar-refractivity contribution in [2.45, 2.75) is 57.3 Å². The number of nitrogens with one attached hydrogen (secondary N) is 2. The lowest BCUT2D eigenvalue weighted by atomic mass is 9.95. The SMILES string of the molecule is CCn1c(SCC(=O)N[C@H]2C[C@@H]3CC[C@@H]2C3)nnc1-c1cccc(NC(C)=O)c1. The fraction of sp³-hybridized carbons (Fsp3) is 0.524. The fourth-order valence-electron chi connectivity index (χ4n) is 4.63. The Hall–Kier alpha value is -2.35. The summed E-state index contributed by atoms with van der Waals surface area (Å²) in [6.07, 6.45) is 5.01. The minimum Gasteiger partial charge on any atom is -0.352 e. The molecule has 2 bridgehead atoms. The number of amides is 2. The second kappa shape index (κ2) is 8.57. The highest BCUT2D eigenvalue weighted by Crippen LogP contribution is 2.44. The van der Waals surface area contributed by atoms with Crippen LogP contribution in [0, 0.1) is 11.8 Å². The van der Waals surface area contributed by atoms with Gasteiger partial charge in [-0.25, -0.2) is 0 Å². The molecule has 2 aromatic rings. The van der Waals surface area contributed by atoms with Crippen molar-refractivity contribution in [3.05, 3.63) is 24.3 Å². The summed E-state index contributed by atoms with van der Waals surface area (Å²) >= 11 is 1.42. The summed E-state index contributed by atoms with van der Waals surface area (Å²) in [5.41, 5.74) is 1.60. The van der Waals surface area contributed by atoms with Gasteiger partial charge in [0.05, 0.1) is 5.75 Å². The van der Waals surface area contributed by atoms with E-state index in [4.69, 9.17) is 0 Å². The van der Waals surface area contributed by atoms with Crippen LogP contribution in [0.4, 0.5) is 5.69 Å². The topological polar surface area (TPSA) is 88.9 Å². The number of rotatable bonds is 7. The van der Waals surface area contributed by atoms with Crippen LogP contribution in [0.15, 0.2) is 29.4 Å². The highest BCUT2D eigenvalue weighted by atomic mass is 32.2. The number of fused-ring (bicyclic) bond motifs is 2. The smallest absolute Gasteiger partial charge is 0.230 e. The van der Waals surface area contributed by atoms with Crippen LogP contribution < -0.4 is 10.6 Å². The van der Waals surface area contributed by atoms with Gasteiger partial charge in [-0.15, -0.1) is 10.2 Å². The van der Waals surface area contributed by atoms with E-state index in [0.717, 1.165) is 34.6 Å². The molecule has 2 N–H and O–H groups in total. The number of hydrogen-bond donors (Lipinski definition) is 2. The predicted octanol–water partition coefficient (Wildman–Crippen LogP) is 3.32. The van der Waals surface area contributed by atoms with Crippen LogP contribution in [-0.2, 0) is 16.1 Å². The van der Waals surface area contributed by atoms with E-state index in [9.17, 15) is 9.59 Å². The first-order chi connectivity index (χ1) is 14.0. The van der Waals surface area contributed by atoms with Crippen molar-refractivity contribution in [2.24, 2.45) is 11.8 Å². The van der Waals surface area contributed by atoms with E-state index in [1.807, 2.05) is 35.8 Å². The molecule has 7 nitrogen and oxygen atoms in total. The summed E-state index contributed by atoms with van der Waals surface area (Å²) in [5, 5.41) is 15.4. The van der Waals surface area contributed by atoms with E-state index >= 15 is 0 Å². The Morgan fingerprint density at radius 1 is 1.24 bits per heavy atom. The monoisotopic (exact) mass is 413 g/mol. The van der Waals surface area contributed by atoms with E-state index in [0.29, 0.717) is 24.3 Å². The number of carbonyl (C=O) groups is 2. The van der Waals surface area contributed by atoms with Gasteiger partial charge in [-0.05, 0) is 50.2 Å². The number of thioether (sulfide) groups is 1. The van der Waals surface area contributed by atoms with Gasteiger partial charge < -0.3 is 15.2 Å². The average molecular weight is 414 g/mol. The summed E-state index contributed by atoms with van der Waals surface area (Å²) in [6, 6.07) is 7.90. The van der Waals surface area contributed by atoms with Gasteiger partial charge in [0, 0.05) is 30.8 Å². The molecule has 1 aromatic carbocycles. The van der Waals surface area contributed by atoms with Crippen LogP contribution in [0.25, 0.3) is 11.4 Å². The lowest BCUT2D eigenvalue weighted by molar-refractivity contribution is -0.119. The zero-order valence-electron chi connectivity index (χ0n) is 16.9. The van der Waals surface area contributed by atoms with Gasteiger partial charge in [0.2, 0.25) is 11.8 Å². The van der Waals surface area contributed by atoms with Gasteiger partial charge >= 0.3 is 0 Å². The Morgan fingerprint density at radius 2 is 2.10 bits per heavy atom. The highest BCUT2D eigenvalue weighted by molar-refractivity contribution is 7.99. The molecule has 8 heteroatoms. The number of carbonyl (C=O) groups excluding carboxylic acids is 2. The van der Waals surface area contributed by atoms with Crippen molar-refractivity contribution >= 4 is 29.3 Å². The molecule has 0 aliphatic heterocycles. The average Bonchev–Trinajstić information content (AvgIpc) is 3.41. The number of nitrogens with zero attached hydrogens (tertiary/aromatic N) is 3. The molecule has 0 radical (unpaired) electrons. The molecule has 2 saturated carbocycles. The molecule has 2 aliphatic rings. The maximum atomic E-state index is 12.4. The first-order valence-corrected chi connectivity index (χ1v) is 11.3. The minimum absolute atomic E-state index is 0.0763. The lowest BCUT2D eigenvalue weighted by Gasteiger charge is -2.22. The van der Waals surface area contributed by atoms with Crippen molar-refractivity contribution in [3.8, 4) is 11.4 Å². The second-order valence-corrected chi connectivity index (χ2v) is 8.89. The van der Waals surface area contributed by atoms with Crippen LogP contribution in [-0.4, -0.2) is 38.4 Å². The minimum atomic E-state index is -0.114. The lowest BCUT2D eigenvalue weighted by Crippen LogP contribution is -2.39. The summed E-state index contributed by atoms with van der Waals surface area (Å²) < 4.78 is 2.00. The Labute approximate surface area is 175 Å². The molecule has 1 heterocycles. The molecule has 154 valence electrons. The Morgan fingerprint density at radius 3 is 2.79 bits per heavy atom. The number of hydrogen-bond acceptors (Lipinski definition) is 5. The Balaban J connectivity index is 1.41. The maximum Gasteiger partial charge on any atom is 0.230 e. The van der Waals surface area contributed by atoms with Crippen molar-refractivity contribution < 1.29 is 9.59 Å². The number of anilines is 1. The molecular weight excluding hydrogens is 386 g/mol. The molecule has 0 saturated heterocycles. The molecule has 3 atom stereocenters. The van der Waals surface area contributed by atoms with Gasteiger partial charge in [-0.1, -0.05) is 30.3 Å². The zero-order chi connectivity index (χ0) is 20.4. The molecule has 2 amide bonds. The third-order valence-electron chi connectivity index (χ3n) is 5.89. The molecular formula is C21H27N5O2S. The fourth-order valence-corrected chi connectivity index (χ4v) is 5.45.